The van der Waals surface area contributed by atoms with Crippen LogP contribution < -0.4 is 0 Å². The maximum absolute atomic E-state index is 12.8. The fourth-order valence-electron chi connectivity index (χ4n) is 4.65. The van der Waals surface area contributed by atoms with Crippen molar-refractivity contribution in [2.45, 2.75) is 81.4 Å². The van der Waals surface area contributed by atoms with Gasteiger partial charge in [-0.05, 0) is 13.8 Å². The van der Waals surface area contributed by atoms with Crippen molar-refractivity contribution in [3.05, 3.63) is 0 Å². The molecule has 2 N–H and O–H groups in total. The van der Waals surface area contributed by atoms with Gasteiger partial charge in [0.2, 0.25) is 0 Å². The fraction of sp³-hybridized carbons (Fsp3) is 0.950. The van der Waals surface area contributed by atoms with Crippen LogP contribution in [0, 0.1) is 5.92 Å². The fourth-order valence-corrected chi connectivity index (χ4v) is 5.26. The van der Waals surface area contributed by atoms with E-state index in [1.807, 2.05) is 0 Å². The highest BCUT2D eigenvalue weighted by Gasteiger charge is 2.58. The van der Waals surface area contributed by atoms with Gasteiger partial charge in [-0.2, -0.15) is 8.42 Å². The Bertz CT molecular complexity index is 834. The molecule has 0 saturated carbocycles. The SMILES string of the molecule is COCO[C@@H]1[C@H]([C@@H](C(=O)OC)[C@H](O)C[C@H]2O[C@@H](OC)[C@@H]3OC(C)(C)O[C@@H]32)OC(O)[C@H]1OS(C)(=O)=O. The standard InChI is InChI=1S/C20H34O14S/c1-20(2)32-12-10(30-19(28-5)16(12)33-20)7-9(21)11(17(22)27-4)13-14(29-8-26-3)15(18(23)31-13)34-35(6,24)25/h9-16,18-19,21,23H,7-8H2,1-6H3/t9-,10-,11+,12-,13+,14-,15+,16-,18?,19-/m1/s1. The van der Waals surface area contributed by atoms with E-state index in [0.717, 1.165) is 13.4 Å². The molecule has 1 unspecified atom stereocenters. The average Bonchev–Trinajstić information content (AvgIpc) is 3.34. The molecular formula is C20H34O14S. The van der Waals surface area contributed by atoms with Crippen molar-refractivity contribution in [2.75, 3.05) is 34.4 Å². The molecule has 3 heterocycles. The van der Waals surface area contributed by atoms with Gasteiger partial charge >= 0.3 is 5.97 Å². The molecule has 3 aliphatic heterocycles. The third-order valence-corrected chi connectivity index (χ3v) is 6.52. The number of aliphatic hydroxyl groups is 2. The number of aliphatic hydroxyl groups excluding tert-OH is 2. The number of rotatable bonds is 11. The minimum Gasteiger partial charge on any atom is -0.469 e. The second-order valence-corrected chi connectivity index (χ2v) is 10.6. The summed E-state index contributed by atoms with van der Waals surface area (Å²) in [7, 11) is -0.163. The molecule has 204 valence electrons. The zero-order valence-corrected chi connectivity index (χ0v) is 21.2. The minimum absolute atomic E-state index is 0.134. The van der Waals surface area contributed by atoms with Crippen LogP contribution in [0.2, 0.25) is 0 Å². The highest BCUT2D eigenvalue weighted by atomic mass is 32.2. The number of hydrogen-bond acceptors (Lipinski definition) is 14. The Morgan fingerprint density at radius 1 is 1.09 bits per heavy atom. The number of carbonyl (C=O) groups is 1. The Morgan fingerprint density at radius 2 is 1.74 bits per heavy atom. The highest BCUT2D eigenvalue weighted by molar-refractivity contribution is 7.86. The first-order valence-corrected chi connectivity index (χ1v) is 12.8. The van der Waals surface area contributed by atoms with E-state index < -0.39 is 83.1 Å². The van der Waals surface area contributed by atoms with Crippen molar-refractivity contribution < 1.29 is 65.5 Å². The first kappa shape index (κ1) is 28.6. The minimum atomic E-state index is -4.05. The predicted molar refractivity (Wildman–Crippen MR) is 113 cm³/mol. The van der Waals surface area contributed by atoms with E-state index in [4.69, 9.17) is 42.1 Å². The molecule has 0 aromatic rings. The molecule has 3 aliphatic rings. The Morgan fingerprint density at radius 3 is 2.31 bits per heavy atom. The van der Waals surface area contributed by atoms with Crippen LogP contribution in [0.25, 0.3) is 0 Å². The maximum Gasteiger partial charge on any atom is 0.314 e. The lowest BCUT2D eigenvalue weighted by Crippen LogP contribution is -2.49. The van der Waals surface area contributed by atoms with Crippen LogP contribution >= 0.6 is 0 Å². The summed E-state index contributed by atoms with van der Waals surface area (Å²) >= 11 is 0. The van der Waals surface area contributed by atoms with E-state index >= 15 is 0 Å². The quantitative estimate of drug-likeness (QED) is 0.179. The number of hydrogen-bond donors (Lipinski definition) is 2. The number of fused-ring (bicyclic) bond motifs is 1. The van der Waals surface area contributed by atoms with E-state index in [2.05, 4.69) is 0 Å². The topological polar surface area (TPSA) is 175 Å². The smallest absolute Gasteiger partial charge is 0.314 e. The number of ether oxygens (including phenoxy) is 8. The first-order chi connectivity index (χ1) is 16.3. The van der Waals surface area contributed by atoms with Gasteiger partial charge in [-0.1, -0.05) is 0 Å². The molecule has 35 heavy (non-hydrogen) atoms. The molecule has 0 aliphatic carbocycles. The Balaban J connectivity index is 1.84. The van der Waals surface area contributed by atoms with Gasteiger partial charge in [-0.25, -0.2) is 0 Å². The zero-order valence-electron chi connectivity index (χ0n) is 20.4. The lowest BCUT2D eigenvalue weighted by atomic mass is 9.87. The zero-order chi connectivity index (χ0) is 26.1. The largest absolute Gasteiger partial charge is 0.469 e. The van der Waals surface area contributed by atoms with Gasteiger partial charge in [0.1, 0.15) is 37.1 Å². The molecule has 0 bridgehead atoms. The van der Waals surface area contributed by atoms with Crippen molar-refractivity contribution in [1.29, 1.82) is 0 Å². The van der Waals surface area contributed by atoms with Gasteiger partial charge in [0.05, 0.1) is 25.6 Å². The van der Waals surface area contributed by atoms with Gasteiger partial charge in [0, 0.05) is 20.6 Å². The van der Waals surface area contributed by atoms with Gasteiger partial charge in [-0.3, -0.25) is 8.98 Å². The van der Waals surface area contributed by atoms with E-state index in [1.54, 1.807) is 13.8 Å². The molecular weight excluding hydrogens is 496 g/mol. The van der Waals surface area contributed by atoms with Crippen molar-refractivity contribution in [1.82, 2.24) is 0 Å². The average molecular weight is 531 g/mol. The van der Waals surface area contributed by atoms with Crippen LogP contribution in [0.4, 0.5) is 0 Å². The van der Waals surface area contributed by atoms with Crippen LogP contribution in [0.3, 0.4) is 0 Å². The summed E-state index contributed by atoms with van der Waals surface area (Å²) in [6.45, 7) is 3.13. The molecule has 0 radical (unpaired) electrons. The number of esters is 1. The van der Waals surface area contributed by atoms with Crippen LogP contribution in [0.1, 0.15) is 20.3 Å². The van der Waals surface area contributed by atoms with Crippen molar-refractivity contribution in [3.8, 4) is 0 Å². The molecule has 15 heteroatoms. The molecule has 14 nitrogen and oxygen atoms in total. The number of carbonyl (C=O) groups excluding carboxylic acids is 1. The summed E-state index contributed by atoms with van der Waals surface area (Å²) in [5, 5.41) is 21.5. The van der Waals surface area contributed by atoms with E-state index in [0.29, 0.717) is 0 Å². The Kier molecular flexibility index (Phi) is 9.14. The van der Waals surface area contributed by atoms with Crippen molar-refractivity contribution in [2.24, 2.45) is 5.92 Å². The molecule has 3 rings (SSSR count). The Labute approximate surface area is 203 Å². The van der Waals surface area contributed by atoms with Crippen LogP contribution in [0.5, 0.6) is 0 Å². The normalized spacial score (nSPS) is 38.3. The third kappa shape index (κ3) is 6.48. The van der Waals surface area contributed by atoms with Crippen molar-refractivity contribution >= 4 is 16.1 Å². The van der Waals surface area contributed by atoms with Crippen LogP contribution in [-0.4, -0.2) is 120 Å². The predicted octanol–water partition coefficient (Wildman–Crippen LogP) is -1.53. The summed E-state index contributed by atoms with van der Waals surface area (Å²) in [5.74, 6) is -3.22. The van der Waals surface area contributed by atoms with Gasteiger partial charge in [0.15, 0.2) is 24.5 Å². The summed E-state index contributed by atoms with van der Waals surface area (Å²) in [6.07, 6.45) is -9.43. The third-order valence-electron chi connectivity index (χ3n) is 5.94. The molecule has 0 amide bonds. The molecule has 0 aromatic heterocycles. The highest BCUT2D eigenvalue weighted by Crippen LogP contribution is 2.41. The molecule has 0 aromatic carbocycles. The summed E-state index contributed by atoms with van der Waals surface area (Å²) < 4.78 is 72.1. The van der Waals surface area contributed by atoms with Crippen LogP contribution in [0.15, 0.2) is 0 Å². The van der Waals surface area contributed by atoms with Crippen molar-refractivity contribution in [3.63, 3.8) is 0 Å². The second kappa shape index (κ2) is 11.2. The lowest BCUT2D eigenvalue weighted by Gasteiger charge is -2.31. The van der Waals surface area contributed by atoms with Gasteiger partial charge < -0.3 is 48.1 Å². The summed E-state index contributed by atoms with van der Waals surface area (Å²) in [4.78, 5) is 12.8. The monoisotopic (exact) mass is 530 g/mol. The molecule has 3 fully saturated rings. The summed E-state index contributed by atoms with van der Waals surface area (Å²) in [5.41, 5.74) is 0. The lowest BCUT2D eigenvalue weighted by molar-refractivity contribution is -0.231. The molecule has 0 spiro atoms. The second-order valence-electron chi connectivity index (χ2n) is 8.99. The molecule has 10 atom stereocenters. The van der Waals surface area contributed by atoms with E-state index in [1.165, 1.54) is 14.2 Å². The number of methoxy groups -OCH3 is 3. The van der Waals surface area contributed by atoms with Crippen LogP contribution in [-0.2, 0) is 57.0 Å². The Hall–Kier alpha value is -0.980. The van der Waals surface area contributed by atoms with E-state index in [9.17, 15) is 23.4 Å². The molecule has 3 saturated heterocycles. The van der Waals surface area contributed by atoms with Gasteiger partial charge in [-0.15, -0.1) is 0 Å². The maximum atomic E-state index is 12.8. The van der Waals surface area contributed by atoms with E-state index in [-0.39, 0.29) is 13.2 Å². The van der Waals surface area contributed by atoms with Gasteiger partial charge in [0.25, 0.3) is 10.1 Å². The first-order valence-electron chi connectivity index (χ1n) is 10.9. The summed E-state index contributed by atoms with van der Waals surface area (Å²) in [6, 6.07) is 0.